The number of hydrogen-bond donors (Lipinski definition) is 0. The van der Waals surface area contributed by atoms with E-state index in [-0.39, 0.29) is 0 Å². The maximum absolute atomic E-state index is 5.52. The van der Waals surface area contributed by atoms with Crippen LogP contribution in [0.1, 0.15) is 6.92 Å². The molecule has 0 aromatic heterocycles. The minimum atomic E-state index is 0.310. The molecule has 0 aliphatic carbocycles. The monoisotopic (exact) mass is 141 g/mol. The van der Waals surface area contributed by atoms with Crippen molar-refractivity contribution in [2.75, 3.05) is 20.6 Å². The molecule has 2 nitrogen and oxygen atoms in total. The zero-order chi connectivity index (χ0) is 7.56. The normalized spacial score (nSPS) is 32.0. The van der Waals surface area contributed by atoms with Crippen molar-refractivity contribution in [3.05, 3.63) is 12.2 Å². The zero-order valence-corrected chi connectivity index (χ0v) is 6.87. The van der Waals surface area contributed by atoms with Crippen LogP contribution in [0, 0.1) is 0 Å². The molecule has 0 aromatic rings. The molecule has 1 aliphatic rings. The van der Waals surface area contributed by atoms with Crippen molar-refractivity contribution in [3.63, 3.8) is 0 Å². The first-order valence-corrected chi connectivity index (χ1v) is 3.67. The highest BCUT2D eigenvalue weighted by atomic mass is 16.5. The summed E-state index contributed by atoms with van der Waals surface area (Å²) in [6.07, 6.45) is 4.86. The van der Waals surface area contributed by atoms with Gasteiger partial charge in [-0.05, 0) is 21.0 Å². The number of hydrogen-bond acceptors (Lipinski definition) is 2. The second kappa shape index (κ2) is 3.17. The third-order valence-corrected chi connectivity index (χ3v) is 1.53. The fourth-order valence-electron chi connectivity index (χ4n) is 1.11. The van der Waals surface area contributed by atoms with Gasteiger partial charge in [0.2, 0.25) is 0 Å². The lowest BCUT2D eigenvalue weighted by Crippen LogP contribution is -2.25. The minimum absolute atomic E-state index is 0.310. The summed E-state index contributed by atoms with van der Waals surface area (Å²) < 4.78 is 5.52. The van der Waals surface area contributed by atoms with Crippen LogP contribution in [0.2, 0.25) is 0 Å². The Morgan fingerprint density at radius 2 is 2.10 bits per heavy atom. The summed E-state index contributed by atoms with van der Waals surface area (Å²) in [5, 5.41) is 0. The van der Waals surface area contributed by atoms with Crippen molar-refractivity contribution in [1.82, 2.24) is 4.90 Å². The maximum Gasteiger partial charge on any atom is 0.0891 e. The van der Waals surface area contributed by atoms with Gasteiger partial charge in [-0.15, -0.1) is 0 Å². The van der Waals surface area contributed by atoms with Crippen LogP contribution in [-0.2, 0) is 4.74 Å². The molecular formula is C8H15NO. The fourth-order valence-corrected chi connectivity index (χ4v) is 1.11. The van der Waals surface area contributed by atoms with E-state index in [2.05, 4.69) is 38.1 Å². The Balaban J connectivity index is 2.26. The SMILES string of the molecule is C[C@H]1C=C[C@H](CN(C)C)O1. The average Bonchev–Trinajstić information content (AvgIpc) is 2.13. The van der Waals surface area contributed by atoms with E-state index < -0.39 is 0 Å². The lowest BCUT2D eigenvalue weighted by molar-refractivity contribution is 0.0555. The predicted molar refractivity (Wildman–Crippen MR) is 42.0 cm³/mol. The molecule has 0 bridgehead atoms. The van der Waals surface area contributed by atoms with Crippen molar-refractivity contribution in [2.45, 2.75) is 19.1 Å². The van der Waals surface area contributed by atoms with Gasteiger partial charge in [-0.1, -0.05) is 12.2 Å². The van der Waals surface area contributed by atoms with Crippen LogP contribution in [0.4, 0.5) is 0 Å². The van der Waals surface area contributed by atoms with Crippen molar-refractivity contribution >= 4 is 0 Å². The van der Waals surface area contributed by atoms with Gasteiger partial charge in [0.1, 0.15) is 0 Å². The zero-order valence-electron chi connectivity index (χ0n) is 6.87. The highest BCUT2D eigenvalue weighted by molar-refractivity contribution is 5.01. The van der Waals surface area contributed by atoms with Crippen LogP contribution in [0.25, 0.3) is 0 Å². The van der Waals surface area contributed by atoms with Gasteiger partial charge < -0.3 is 9.64 Å². The largest absolute Gasteiger partial charge is 0.366 e. The first kappa shape index (κ1) is 7.76. The number of likely N-dealkylation sites (N-methyl/N-ethyl adjacent to an activating group) is 1. The van der Waals surface area contributed by atoms with E-state index >= 15 is 0 Å². The summed E-state index contributed by atoms with van der Waals surface area (Å²) in [5.41, 5.74) is 0. The van der Waals surface area contributed by atoms with E-state index in [1.807, 2.05) is 0 Å². The van der Waals surface area contributed by atoms with Gasteiger partial charge in [0, 0.05) is 6.54 Å². The van der Waals surface area contributed by atoms with E-state index in [4.69, 9.17) is 4.74 Å². The van der Waals surface area contributed by atoms with Crippen molar-refractivity contribution in [1.29, 1.82) is 0 Å². The van der Waals surface area contributed by atoms with E-state index in [1.54, 1.807) is 0 Å². The first-order valence-electron chi connectivity index (χ1n) is 3.67. The number of nitrogens with zero attached hydrogens (tertiary/aromatic N) is 1. The molecule has 10 heavy (non-hydrogen) atoms. The highest BCUT2D eigenvalue weighted by Gasteiger charge is 2.14. The van der Waals surface area contributed by atoms with Crippen LogP contribution in [0.15, 0.2) is 12.2 Å². The second-order valence-electron chi connectivity index (χ2n) is 3.03. The smallest absolute Gasteiger partial charge is 0.0891 e. The minimum Gasteiger partial charge on any atom is -0.366 e. The second-order valence-corrected chi connectivity index (χ2v) is 3.03. The van der Waals surface area contributed by atoms with Gasteiger partial charge in [-0.2, -0.15) is 0 Å². The Morgan fingerprint density at radius 3 is 2.50 bits per heavy atom. The summed E-state index contributed by atoms with van der Waals surface area (Å²) in [6.45, 7) is 3.05. The van der Waals surface area contributed by atoms with Gasteiger partial charge in [0.15, 0.2) is 0 Å². The number of ether oxygens (including phenoxy) is 1. The van der Waals surface area contributed by atoms with Crippen LogP contribution >= 0.6 is 0 Å². The third-order valence-electron chi connectivity index (χ3n) is 1.53. The van der Waals surface area contributed by atoms with E-state index in [1.165, 1.54) is 0 Å². The van der Waals surface area contributed by atoms with Crippen molar-refractivity contribution in [2.24, 2.45) is 0 Å². The fraction of sp³-hybridized carbons (Fsp3) is 0.750. The third kappa shape index (κ3) is 2.12. The first-order chi connectivity index (χ1) is 4.68. The molecule has 0 unspecified atom stereocenters. The van der Waals surface area contributed by atoms with E-state index in [0.29, 0.717) is 12.2 Å². The van der Waals surface area contributed by atoms with E-state index in [9.17, 15) is 0 Å². The van der Waals surface area contributed by atoms with Gasteiger partial charge >= 0.3 is 0 Å². The molecule has 2 atom stereocenters. The average molecular weight is 141 g/mol. The molecule has 1 rings (SSSR count). The Hall–Kier alpha value is -0.340. The standard InChI is InChI=1S/C8H15NO/c1-7-4-5-8(10-7)6-9(2)3/h4-5,7-8H,6H2,1-3H3/t7-,8+/m0/s1. The summed E-state index contributed by atoms with van der Waals surface area (Å²) in [7, 11) is 4.11. The molecule has 58 valence electrons. The molecular weight excluding hydrogens is 126 g/mol. The molecule has 0 fully saturated rings. The Kier molecular flexibility index (Phi) is 2.46. The Bertz CT molecular complexity index is 131. The van der Waals surface area contributed by atoms with E-state index in [0.717, 1.165) is 6.54 Å². The molecule has 0 radical (unpaired) electrons. The molecule has 0 N–H and O–H groups in total. The Morgan fingerprint density at radius 1 is 1.40 bits per heavy atom. The quantitative estimate of drug-likeness (QED) is 0.529. The van der Waals surface area contributed by atoms with Crippen LogP contribution in [0.5, 0.6) is 0 Å². The summed E-state index contributed by atoms with van der Waals surface area (Å²) >= 11 is 0. The molecule has 0 saturated heterocycles. The van der Waals surface area contributed by atoms with Crippen LogP contribution in [0.3, 0.4) is 0 Å². The maximum atomic E-state index is 5.52. The van der Waals surface area contributed by atoms with Gasteiger partial charge in [0.05, 0.1) is 12.2 Å². The molecule has 0 spiro atoms. The van der Waals surface area contributed by atoms with Crippen molar-refractivity contribution < 1.29 is 4.74 Å². The summed E-state index contributed by atoms with van der Waals surface area (Å²) in [5.74, 6) is 0. The van der Waals surface area contributed by atoms with Crippen LogP contribution < -0.4 is 0 Å². The van der Waals surface area contributed by atoms with Crippen molar-refractivity contribution in [3.8, 4) is 0 Å². The molecule has 0 amide bonds. The molecule has 0 saturated carbocycles. The van der Waals surface area contributed by atoms with Crippen LogP contribution in [-0.4, -0.2) is 37.7 Å². The molecule has 2 heteroatoms. The molecule has 1 aliphatic heterocycles. The molecule has 1 heterocycles. The summed E-state index contributed by atoms with van der Waals surface area (Å²) in [4.78, 5) is 2.13. The van der Waals surface area contributed by atoms with Gasteiger partial charge in [-0.25, -0.2) is 0 Å². The summed E-state index contributed by atoms with van der Waals surface area (Å²) in [6, 6.07) is 0. The number of rotatable bonds is 2. The van der Waals surface area contributed by atoms with Gasteiger partial charge in [0.25, 0.3) is 0 Å². The topological polar surface area (TPSA) is 12.5 Å². The molecule has 0 aromatic carbocycles. The Labute approximate surface area is 62.5 Å². The van der Waals surface area contributed by atoms with Gasteiger partial charge in [-0.3, -0.25) is 0 Å². The lowest BCUT2D eigenvalue weighted by atomic mass is 10.3. The highest BCUT2D eigenvalue weighted by Crippen LogP contribution is 2.10. The predicted octanol–water partition coefficient (Wildman–Crippen LogP) is 0.891. The lowest BCUT2D eigenvalue weighted by Gasteiger charge is -2.15.